The van der Waals surface area contributed by atoms with Crippen molar-refractivity contribution in [2.45, 2.75) is 6.54 Å². The summed E-state index contributed by atoms with van der Waals surface area (Å²) >= 11 is 2.90. The molecular weight excluding hydrogens is 206 g/mol. The average Bonchev–Trinajstić information content (AvgIpc) is 2.06. The topological polar surface area (TPSA) is 12.5 Å². The summed E-state index contributed by atoms with van der Waals surface area (Å²) in [5.41, 5.74) is 1.23. The molecule has 0 aliphatic heterocycles. The third-order valence-corrected chi connectivity index (χ3v) is 1.86. The molecule has 0 heterocycles. The van der Waals surface area contributed by atoms with E-state index in [2.05, 4.69) is 28.4 Å². The molecule has 0 aromatic heterocycles. The second-order valence-corrected chi connectivity index (χ2v) is 2.63. The third-order valence-electron chi connectivity index (χ3n) is 1.37. The Bertz CT molecular complexity index is 203. The van der Waals surface area contributed by atoms with Crippen molar-refractivity contribution >= 4 is 16.3 Å². The van der Waals surface area contributed by atoms with Crippen LogP contribution < -0.4 is 0 Å². The van der Waals surface area contributed by atoms with Gasteiger partial charge in [0.05, 0.1) is 0 Å². The molecule has 1 rings (SSSR count). The van der Waals surface area contributed by atoms with E-state index in [0.717, 1.165) is 6.54 Å². The number of halogens is 1. The molecule has 1 aromatic carbocycles. The second kappa shape index (κ2) is 4.49. The largest absolute Gasteiger partial charge is 0.220 e. The molecule has 0 amide bonds. The van der Waals surface area contributed by atoms with Gasteiger partial charge in [-0.3, -0.25) is 0 Å². The predicted octanol–water partition coefficient (Wildman–Crippen LogP) is 2.36. The lowest BCUT2D eigenvalue weighted by atomic mass is 10.2. The summed E-state index contributed by atoms with van der Waals surface area (Å²) in [5, 5.41) is 1.70. The zero-order valence-corrected chi connectivity index (χ0v) is 7.91. The van der Waals surface area contributed by atoms with Crippen LogP contribution in [0.25, 0.3) is 0 Å². The third kappa shape index (κ3) is 3.01. The van der Waals surface area contributed by atoms with Crippen molar-refractivity contribution in [3.8, 4) is 0 Å². The molecule has 0 atom stereocenters. The molecule has 0 aliphatic carbocycles. The molecule has 0 unspecified atom stereocenters. The fourth-order valence-corrected chi connectivity index (χ4v) is 0.967. The molecule has 3 heteroatoms. The van der Waals surface area contributed by atoms with E-state index in [1.165, 1.54) is 5.56 Å². The summed E-state index contributed by atoms with van der Waals surface area (Å²) in [6.45, 7) is 0.784. The molecule has 0 fully saturated rings. The van der Waals surface area contributed by atoms with Gasteiger partial charge in [-0.15, -0.1) is 0 Å². The van der Waals surface area contributed by atoms with Gasteiger partial charge in [-0.25, -0.2) is 3.93 Å². The predicted molar refractivity (Wildman–Crippen MR) is 47.9 cm³/mol. The quantitative estimate of drug-likeness (QED) is 0.719. The maximum absolute atomic E-state index is 4.80. The Morgan fingerprint density at radius 2 is 2.00 bits per heavy atom. The van der Waals surface area contributed by atoms with Crippen LogP contribution in [0.5, 0.6) is 0 Å². The molecule has 60 valence electrons. The van der Waals surface area contributed by atoms with E-state index in [0.29, 0.717) is 0 Å². The molecular formula is C8H10BrNO. The van der Waals surface area contributed by atoms with E-state index < -0.39 is 0 Å². The molecule has 0 saturated heterocycles. The minimum absolute atomic E-state index is 0.784. The van der Waals surface area contributed by atoms with Crippen LogP contribution in [0, 0.1) is 0 Å². The molecule has 1 aromatic rings. The lowest BCUT2D eigenvalue weighted by Gasteiger charge is -2.10. The fraction of sp³-hybridized carbons (Fsp3) is 0.250. The molecule has 0 saturated carbocycles. The van der Waals surface area contributed by atoms with E-state index in [4.69, 9.17) is 3.93 Å². The number of hydrogen-bond acceptors (Lipinski definition) is 2. The first-order chi connectivity index (χ1) is 5.33. The zero-order valence-electron chi connectivity index (χ0n) is 6.33. The first-order valence-corrected chi connectivity index (χ1v) is 4.01. The van der Waals surface area contributed by atoms with Crippen molar-refractivity contribution in [3.63, 3.8) is 0 Å². The van der Waals surface area contributed by atoms with Crippen LogP contribution in [0.15, 0.2) is 30.3 Å². The van der Waals surface area contributed by atoms with Gasteiger partial charge in [0.1, 0.15) is 16.3 Å². The second-order valence-electron chi connectivity index (χ2n) is 2.34. The first kappa shape index (κ1) is 8.71. The highest BCUT2D eigenvalue weighted by molar-refractivity contribution is 9.05. The Morgan fingerprint density at radius 3 is 2.55 bits per heavy atom. The maximum atomic E-state index is 4.80. The summed E-state index contributed by atoms with van der Waals surface area (Å²) in [4.78, 5) is 0. The Morgan fingerprint density at radius 1 is 1.36 bits per heavy atom. The monoisotopic (exact) mass is 215 g/mol. The first-order valence-electron chi connectivity index (χ1n) is 3.36. The summed E-state index contributed by atoms with van der Waals surface area (Å²) in [6.07, 6.45) is 0. The van der Waals surface area contributed by atoms with Gasteiger partial charge < -0.3 is 0 Å². The lowest BCUT2D eigenvalue weighted by Crippen LogP contribution is -2.12. The average molecular weight is 216 g/mol. The van der Waals surface area contributed by atoms with Crippen molar-refractivity contribution in [2.75, 3.05) is 7.05 Å². The van der Waals surface area contributed by atoms with E-state index in [-0.39, 0.29) is 0 Å². The van der Waals surface area contributed by atoms with E-state index >= 15 is 0 Å². The number of rotatable bonds is 3. The number of nitrogens with zero attached hydrogens (tertiary/aromatic N) is 1. The van der Waals surface area contributed by atoms with Gasteiger partial charge in [-0.2, -0.15) is 5.06 Å². The summed E-state index contributed by atoms with van der Waals surface area (Å²) in [6, 6.07) is 10.1. The molecule has 0 spiro atoms. The summed E-state index contributed by atoms with van der Waals surface area (Å²) < 4.78 is 4.80. The minimum Gasteiger partial charge on any atom is -0.220 e. The van der Waals surface area contributed by atoms with Crippen molar-refractivity contribution in [2.24, 2.45) is 0 Å². The van der Waals surface area contributed by atoms with Crippen LogP contribution in [0.4, 0.5) is 0 Å². The number of hydroxylamine groups is 2. The molecule has 0 radical (unpaired) electrons. The Labute approximate surface area is 75.2 Å². The molecule has 0 aliphatic rings. The van der Waals surface area contributed by atoms with E-state index in [9.17, 15) is 0 Å². The Kier molecular flexibility index (Phi) is 3.56. The summed E-state index contributed by atoms with van der Waals surface area (Å²) in [5.74, 6) is 0. The van der Waals surface area contributed by atoms with E-state index in [1.807, 2.05) is 25.2 Å². The van der Waals surface area contributed by atoms with Gasteiger partial charge in [0.25, 0.3) is 0 Å². The van der Waals surface area contributed by atoms with Crippen LogP contribution in [0.3, 0.4) is 0 Å². The van der Waals surface area contributed by atoms with Crippen LogP contribution in [0.1, 0.15) is 5.56 Å². The highest BCUT2D eigenvalue weighted by Gasteiger charge is 1.96. The van der Waals surface area contributed by atoms with Crippen LogP contribution in [-0.2, 0) is 10.5 Å². The Balaban J connectivity index is 2.51. The highest BCUT2D eigenvalue weighted by Crippen LogP contribution is 2.03. The summed E-state index contributed by atoms with van der Waals surface area (Å²) in [7, 11) is 1.86. The molecule has 11 heavy (non-hydrogen) atoms. The van der Waals surface area contributed by atoms with Gasteiger partial charge in [0.2, 0.25) is 0 Å². The molecule has 0 N–H and O–H groups in total. The maximum Gasteiger partial charge on any atom is 0.125 e. The fourth-order valence-electron chi connectivity index (χ4n) is 0.865. The van der Waals surface area contributed by atoms with Crippen molar-refractivity contribution in [3.05, 3.63) is 35.9 Å². The van der Waals surface area contributed by atoms with Gasteiger partial charge in [-0.1, -0.05) is 30.3 Å². The van der Waals surface area contributed by atoms with Crippen molar-refractivity contribution in [1.29, 1.82) is 0 Å². The number of hydrogen-bond donors (Lipinski definition) is 0. The molecule has 0 bridgehead atoms. The Hall–Kier alpha value is -0.380. The van der Waals surface area contributed by atoms with Gasteiger partial charge in [-0.05, 0) is 5.56 Å². The van der Waals surface area contributed by atoms with E-state index in [1.54, 1.807) is 5.06 Å². The smallest absolute Gasteiger partial charge is 0.125 e. The SMILES string of the molecule is CN(Cc1ccccc1)OBr. The van der Waals surface area contributed by atoms with Crippen molar-refractivity contribution < 1.29 is 3.93 Å². The highest BCUT2D eigenvalue weighted by atomic mass is 79.9. The van der Waals surface area contributed by atoms with Crippen LogP contribution in [0.2, 0.25) is 0 Å². The molecule has 2 nitrogen and oxygen atoms in total. The number of benzene rings is 1. The van der Waals surface area contributed by atoms with Gasteiger partial charge in [0, 0.05) is 13.6 Å². The van der Waals surface area contributed by atoms with Crippen molar-refractivity contribution in [1.82, 2.24) is 5.06 Å². The van der Waals surface area contributed by atoms with Gasteiger partial charge in [0.15, 0.2) is 0 Å². The van der Waals surface area contributed by atoms with Crippen LogP contribution >= 0.6 is 16.3 Å². The lowest BCUT2D eigenvalue weighted by molar-refractivity contribution is -0.00499. The van der Waals surface area contributed by atoms with Gasteiger partial charge >= 0.3 is 0 Å². The zero-order chi connectivity index (χ0) is 8.10. The normalized spacial score (nSPS) is 10.5. The standard InChI is InChI=1S/C8H10BrNO/c1-10(11-9)7-8-5-3-2-4-6-8/h2-6H,7H2,1H3. The van der Waals surface area contributed by atoms with Crippen LogP contribution in [-0.4, -0.2) is 12.1 Å². The minimum atomic E-state index is 0.784.